The minimum atomic E-state index is -0.142. The van der Waals surface area contributed by atoms with Crippen molar-refractivity contribution < 1.29 is 4.79 Å². The molecule has 1 aromatic rings. The standard InChI is InChI=1S/C14H21ClN4O/c1-3-16-13-7-11(12(15)9-17-13)14(20)18-8-10-5-4-6-19(10)2/h7,9-10H,3-6,8H2,1-2H3,(H,16,17)(H,18,20). The number of hydrogen-bond acceptors (Lipinski definition) is 4. The molecule has 1 atom stereocenters. The molecule has 1 aliphatic heterocycles. The van der Waals surface area contributed by atoms with Gasteiger partial charge in [-0.05, 0) is 39.4 Å². The molecule has 0 saturated carbocycles. The lowest BCUT2D eigenvalue weighted by Gasteiger charge is -2.19. The van der Waals surface area contributed by atoms with Crippen molar-refractivity contribution >= 4 is 23.3 Å². The smallest absolute Gasteiger partial charge is 0.253 e. The van der Waals surface area contributed by atoms with Gasteiger partial charge >= 0.3 is 0 Å². The molecule has 1 fully saturated rings. The topological polar surface area (TPSA) is 57.3 Å². The van der Waals surface area contributed by atoms with E-state index in [1.807, 2.05) is 6.92 Å². The number of rotatable bonds is 5. The predicted molar refractivity (Wildman–Crippen MR) is 81.4 cm³/mol. The largest absolute Gasteiger partial charge is 0.370 e. The number of aromatic nitrogens is 1. The highest BCUT2D eigenvalue weighted by Crippen LogP contribution is 2.18. The number of halogens is 1. The third-order valence-corrected chi connectivity index (χ3v) is 3.93. The Morgan fingerprint density at radius 2 is 2.40 bits per heavy atom. The maximum absolute atomic E-state index is 12.2. The summed E-state index contributed by atoms with van der Waals surface area (Å²) in [6.45, 7) is 4.49. The van der Waals surface area contributed by atoms with Crippen LogP contribution in [-0.2, 0) is 0 Å². The molecule has 0 aromatic carbocycles. The summed E-state index contributed by atoms with van der Waals surface area (Å²) >= 11 is 6.05. The van der Waals surface area contributed by atoms with E-state index in [9.17, 15) is 4.79 Å². The van der Waals surface area contributed by atoms with Crippen LogP contribution in [0, 0.1) is 0 Å². The zero-order valence-electron chi connectivity index (χ0n) is 11.9. The lowest BCUT2D eigenvalue weighted by molar-refractivity contribution is 0.0943. The van der Waals surface area contributed by atoms with Gasteiger partial charge in [0.1, 0.15) is 5.82 Å². The van der Waals surface area contributed by atoms with Crippen molar-refractivity contribution in [2.45, 2.75) is 25.8 Å². The second kappa shape index (κ2) is 6.90. The molecular weight excluding hydrogens is 276 g/mol. The van der Waals surface area contributed by atoms with Crippen molar-refractivity contribution in [1.82, 2.24) is 15.2 Å². The number of nitrogens with one attached hydrogen (secondary N) is 2. The van der Waals surface area contributed by atoms with Gasteiger partial charge in [-0.1, -0.05) is 11.6 Å². The summed E-state index contributed by atoms with van der Waals surface area (Å²) in [7, 11) is 2.09. The van der Waals surface area contributed by atoms with Crippen LogP contribution < -0.4 is 10.6 Å². The molecule has 1 aromatic heterocycles. The van der Waals surface area contributed by atoms with Crippen molar-refractivity contribution in [2.75, 3.05) is 32.0 Å². The van der Waals surface area contributed by atoms with Gasteiger partial charge in [-0.15, -0.1) is 0 Å². The number of carbonyl (C=O) groups excluding carboxylic acids is 1. The van der Waals surface area contributed by atoms with Gasteiger partial charge in [-0.3, -0.25) is 4.79 Å². The molecule has 1 saturated heterocycles. The van der Waals surface area contributed by atoms with Crippen LogP contribution in [0.15, 0.2) is 12.3 Å². The Bertz CT molecular complexity index is 480. The second-order valence-corrected chi connectivity index (χ2v) is 5.47. The van der Waals surface area contributed by atoms with E-state index in [0.29, 0.717) is 29.0 Å². The normalized spacial score (nSPS) is 19.1. The van der Waals surface area contributed by atoms with Crippen molar-refractivity contribution in [1.29, 1.82) is 0 Å². The summed E-state index contributed by atoms with van der Waals surface area (Å²) in [5.41, 5.74) is 0.471. The molecule has 1 unspecified atom stereocenters. The number of pyridine rings is 1. The average molecular weight is 297 g/mol. The molecule has 0 spiro atoms. The Kier molecular flexibility index (Phi) is 5.20. The molecule has 110 valence electrons. The zero-order valence-corrected chi connectivity index (χ0v) is 12.7. The van der Waals surface area contributed by atoms with Crippen LogP contribution in [0.2, 0.25) is 5.02 Å². The van der Waals surface area contributed by atoms with Crippen molar-refractivity contribution in [3.05, 3.63) is 22.8 Å². The Hall–Kier alpha value is -1.33. The summed E-state index contributed by atoms with van der Waals surface area (Å²) < 4.78 is 0. The molecule has 5 nitrogen and oxygen atoms in total. The fourth-order valence-corrected chi connectivity index (χ4v) is 2.62. The number of anilines is 1. The van der Waals surface area contributed by atoms with Crippen molar-refractivity contribution in [3.63, 3.8) is 0 Å². The first-order valence-corrected chi connectivity index (χ1v) is 7.37. The van der Waals surface area contributed by atoms with Gasteiger partial charge in [-0.2, -0.15) is 0 Å². The maximum Gasteiger partial charge on any atom is 0.253 e. The summed E-state index contributed by atoms with van der Waals surface area (Å²) in [5.74, 6) is 0.525. The Balaban J connectivity index is 1.99. The summed E-state index contributed by atoms with van der Waals surface area (Å²) in [4.78, 5) is 18.6. The van der Waals surface area contributed by atoms with Crippen LogP contribution in [0.5, 0.6) is 0 Å². The molecule has 2 heterocycles. The van der Waals surface area contributed by atoms with E-state index in [4.69, 9.17) is 11.6 Å². The molecule has 0 radical (unpaired) electrons. The molecule has 20 heavy (non-hydrogen) atoms. The third kappa shape index (κ3) is 3.61. The van der Waals surface area contributed by atoms with E-state index in [-0.39, 0.29) is 5.91 Å². The van der Waals surface area contributed by atoms with Gasteiger partial charge in [-0.25, -0.2) is 4.98 Å². The monoisotopic (exact) mass is 296 g/mol. The van der Waals surface area contributed by atoms with Gasteiger partial charge in [0.25, 0.3) is 5.91 Å². The van der Waals surface area contributed by atoms with Gasteiger partial charge < -0.3 is 15.5 Å². The first-order valence-electron chi connectivity index (χ1n) is 6.99. The Morgan fingerprint density at radius 3 is 3.05 bits per heavy atom. The minimum absolute atomic E-state index is 0.142. The van der Waals surface area contributed by atoms with Crippen LogP contribution in [0.4, 0.5) is 5.82 Å². The van der Waals surface area contributed by atoms with E-state index >= 15 is 0 Å². The third-order valence-electron chi connectivity index (χ3n) is 3.63. The molecule has 1 amide bonds. The van der Waals surface area contributed by atoms with Crippen LogP contribution >= 0.6 is 11.6 Å². The fourth-order valence-electron chi connectivity index (χ4n) is 2.43. The summed E-state index contributed by atoms with van der Waals surface area (Å²) in [6.07, 6.45) is 3.83. The average Bonchev–Trinajstić information content (AvgIpc) is 2.84. The van der Waals surface area contributed by atoms with Crippen LogP contribution in [-0.4, -0.2) is 48.5 Å². The minimum Gasteiger partial charge on any atom is -0.370 e. The number of amides is 1. The van der Waals surface area contributed by atoms with Gasteiger partial charge in [0, 0.05) is 25.3 Å². The molecule has 2 rings (SSSR count). The van der Waals surface area contributed by atoms with E-state index in [1.165, 1.54) is 12.6 Å². The summed E-state index contributed by atoms with van der Waals surface area (Å²) in [6, 6.07) is 2.12. The number of carbonyl (C=O) groups is 1. The number of hydrogen-bond donors (Lipinski definition) is 2. The quantitative estimate of drug-likeness (QED) is 0.872. The van der Waals surface area contributed by atoms with Crippen LogP contribution in [0.25, 0.3) is 0 Å². The molecular formula is C14H21ClN4O. The molecule has 6 heteroatoms. The fraction of sp³-hybridized carbons (Fsp3) is 0.571. The molecule has 2 N–H and O–H groups in total. The van der Waals surface area contributed by atoms with E-state index in [1.54, 1.807) is 6.07 Å². The zero-order chi connectivity index (χ0) is 14.5. The van der Waals surface area contributed by atoms with E-state index in [0.717, 1.165) is 19.5 Å². The molecule has 0 aliphatic carbocycles. The Labute approximate surface area is 124 Å². The highest BCUT2D eigenvalue weighted by Gasteiger charge is 2.22. The van der Waals surface area contributed by atoms with Gasteiger partial charge in [0.2, 0.25) is 0 Å². The van der Waals surface area contributed by atoms with Crippen LogP contribution in [0.3, 0.4) is 0 Å². The first-order chi connectivity index (χ1) is 9.61. The lowest BCUT2D eigenvalue weighted by atomic mass is 10.2. The summed E-state index contributed by atoms with van der Waals surface area (Å²) in [5, 5.41) is 6.42. The van der Waals surface area contributed by atoms with Crippen molar-refractivity contribution in [3.8, 4) is 0 Å². The highest BCUT2D eigenvalue weighted by atomic mass is 35.5. The van der Waals surface area contributed by atoms with Crippen LogP contribution in [0.1, 0.15) is 30.1 Å². The van der Waals surface area contributed by atoms with Crippen molar-refractivity contribution in [2.24, 2.45) is 0 Å². The number of likely N-dealkylation sites (tertiary alicyclic amines) is 1. The number of likely N-dealkylation sites (N-methyl/N-ethyl adjacent to an activating group) is 1. The SMILES string of the molecule is CCNc1cc(C(=O)NCC2CCCN2C)c(Cl)cn1. The molecule has 0 bridgehead atoms. The lowest BCUT2D eigenvalue weighted by Crippen LogP contribution is -2.38. The van der Waals surface area contributed by atoms with Gasteiger partial charge in [0.15, 0.2) is 0 Å². The maximum atomic E-state index is 12.2. The second-order valence-electron chi connectivity index (χ2n) is 5.07. The first kappa shape index (κ1) is 15.1. The molecule has 1 aliphatic rings. The van der Waals surface area contributed by atoms with E-state index in [2.05, 4.69) is 27.6 Å². The predicted octanol–water partition coefficient (Wildman–Crippen LogP) is 1.99. The highest BCUT2D eigenvalue weighted by molar-refractivity contribution is 6.33. The van der Waals surface area contributed by atoms with E-state index < -0.39 is 0 Å². The number of nitrogens with zero attached hydrogens (tertiary/aromatic N) is 2. The Morgan fingerprint density at radius 1 is 1.60 bits per heavy atom. The van der Waals surface area contributed by atoms with Gasteiger partial charge in [0.05, 0.1) is 10.6 Å².